The molecule has 7 aromatic carbocycles. The van der Waals surface area contributed by atoms with Gasteiger partial charge in [-0.15, -0.1) is 0 Å². The average Bonchev–Trinajstić information content (AvgIpc) is 3.64. The number of nitriles is 1. The van der Waals surface area contributed by atoms with Gasteiger partial charge in [-0.2, -0.15) is 5.26 Å². The third-order valence-electron chi connectivity index (χ3n) is 9.14. The Morgan fingerprint density at radius 2 is 0.848 bits per heavy atom. The second kappa shape index (κ2) is 10.4. The zero-order valence-electron chi connectivity index (χ0n) is 24.9. The molecule has 0 aliphatic rings. The van der Waals surface area contributed by atoms with E-state index >= 15 is 0 Å². The first-order chi connectivity index (χ1) is 22.8. The molecule has 9 aromatic rings. The molecule has 0 aliphatic carbocycles. The molecule has 2 heterocycles. The number of aromatic nitrogens is 2. The first-order valence-corrected chi connectivity index (χ1v) is 15.5. The Hall–Kier alpha value is -6.37. The van der Waals surface area contributed by atoms with Crippen molar-refractivity contribution in [2.24, 2.45) is 0 Å². The Balaban J connectivity index is 1.15. The molecule has 3 nitrogen and oxygen atoms in total. The van der Waals surface area contributed by atoms with Crippen molar-refractivity contribution in [3.63, 3.8) is 0 Å². The van der Waals surface area contributed by atoms with Crippen LogP contribution in [0, 0.1) is 11.3 Å². The molecular weight excluding hydrogens is 558 g/mol. The molecule has 46 heavy (non-hydrogen) atoms. The molecule has 0 unspecified atom stereocenters. The van der Waals surface area contributed by atoms with E-state index in [4.69, 9.17) is 0 Å². The van der Waals surface area contributed by atoms with Crippen LogP contribution in [0.3, 0.4) is 0 Å². The first-order valence-electron chi connectivity index (χ1n) is 15.5. The Morgan fingerprint density at radius 1 is 0.348 bits per heavy atom. The Labute approximate surface area is 266 Å². The van der Waals surface area contributed by atoms with Crippen LogP contribution in [-0.2, 0) is 0 Å². The summed E-state index contributed by atoms with van der Waals surface area (Å²) < 4.78 is 4.70. The molecule has 3 heteroatoms. The summed E-state index contributed by atoms with van der Waals surface area (Å²) in [6, 6.07) is 60.2. The SMILES string of the molecule is N#Cc1cccc(-c2cccc(-n3c4ccccc4c4cc(-c5ccc(-n6c7ccccc7c7ccccc76)cc5)ccc43)c2)c1. The number of hydrogen-bond acceptors (Lipinski definition) is 1. The van der Waals surface area contributed by atoms with Gasteiger partial charge in [-0.25, -0.2) is 0 Å². The van der Waals surface area contributed by atoms with Crippen LogP contribution in [0.5, 0.6) is 0 Å². The smallest absolute Gasteiger partial charge is 0.0991 e. The highest BCUT2D eigenvalue weighted by Crippen LogP contribution is 2.37. The van der Waals surface area contributed by atoms with Gasteiger partial charge in [0.15, 0.2) is 0 Å². The van der Waals surface area contributed by atoms with E-state index in [9.17, 15) is 5.26 Å². The van der Waals surface area contributed by atoms with Gasteiger partial charge in [-0.05, 0) is 89.0 Å². The van der Waals surface area contributed by atoms with E-state index in [1.807, 2.05) is 18.2 Å². The van der Waals surface area contributed by atoms with E-state index in [-0.39, 0.29) is 0 Å². The molecule has 0 saturated heterocycles. The number of hydrogen-bond donors (Lipinski definition) is 0. The second-order valence-corrected chi connectivity index (χ2v) is 11.7. The van der Waals surface area contributed by atoms with Crippen LogP contribution in [0.25, 0.3) is 77.2 Å². The van der Waals surface area contributed by atoms with Crippen LogP contribution in [0.4, 0.5) is 0 Å². The van der Waals surface area contributed by atoms with Crippen LogP contribution < -0.4 is 0 Å². The highest BCUT2D eigenvalue weighted by Gasteiger charge is 2.15. The zero-order valence-corrected chi connectivity index (χ0v) is 24.9. The van der Waals surface area contributed by atoms with Crippen molar-refractivity contribution in [2.75, 3.05) is 0 Å². The highest BCUT2D eigenvalue weighted by atomic mass is 15.0. The minimum absolute atomic E-state index is 0.662. The summed E-state index contributed by atoms with van der Waals surface area (Å²) in [7, 11) is 0. The van der Waals surface area contributed by atoms with Crippen molar-refractivity contribution in [2.45, 2.75) is 0 Å². The summed E-state index contributed by atoms with van der Waals surface area (Å²) >= 11 is 0. The maximum atomic E-state index is 9.43. The molecule has 0 bridgehead atoms. The molecule has 0 atom stereocenters. The maximum absolute atomic E-state index is 9.43. The number of para-hydroxylation sites is 3. The first kappa shape index (κ1) is 26.1. The largest absolute Gasteiger partial charge is 0.309 e. The summed E-state index contributed by atoms with van der Waals surface area (Å²) in [6.45, 7) is 0. The molecule has 0 saturated carbocycles. The third-order valence-corrected chi connectivity index (χ3v) is 9.14. The van der Waals surface area contributed by atoms with Gasteiger partial charge in [0.1, 0.15) is 0 Å². The van der Waals surface area contributed by atoms with Crippen molar-refractivity contribution < 1.29 is 0 Å². The fraction of sp³-hybridized carbons (Fsp3) is 0. The molecule has 0 radical (unpaired) electrons. The van der Waals surface area contributed by atoms with Gasteiger partial charge in [0.2, 0.25) is 0 Å². The summed E-state index contributed by atoms with van der Waals surface area (Å²) in [5, 5.41) is 14.4. The maximum Gasteiger partial charge on any atom is 0.0991 e. The van der Waals surface area contributed by atoms with Gasteiger partial charge >= 0.3 is 0 Å². The van der Waals surface area contributed by atoms with Gasteiger partial charge in [-0.1, -0.05) is 97.1 Å². The van der Waals surface area contributed by atoms with Crippen molar-refractivity contribution in [1.82, 2.24) is 9.13 Å². The Bertz CT molecular complexity index is 2590. The summed E-state index contributed by atoms with van der Waals surface area (Å²) in [6.07, 6.45) is 0. The van der Waals surface area contributed by atoms with Crippen molar-refractivity contribution in [3.8, 4) is 39.7 Å². The molecule has 0 fully saturated rings. The molecule has 0 spiro atoms. The van der Waals surface area contributed by atoms with Gasteiger partial charge in [0.25, 0.3) is 0 Å². The molecular formula is C43H27N3. The van der Waals surface area contributed by atoms with Crippen LogP contribution >= 0.6 is 0 Å². The lowest BCUT2D eigenvalue weighted by Gasteiger charge is -2.11. The van der Waals surface area contributed by atoms with Crippen LogP contribution in [0.2, 0.25) is 0 Å². The molecule has 214 valence electrons. The van der Waals surface area contributed by atoms with Gasteiger partial charge in [0.05, 0.1) is 33.7 Å². The number of nitrogens with zero attached hydrogens (tertiary/aromatic N) is 3. The Kier molecular flexibility index (Phi) is 5.88. The average molecular weight is 586 g/mol. The van der Waals surface area contributed by atoms with Crippen LogP contribution in [0.1, 0.15) is 5.56 Å². The second-order valence-electron chi connectivity index (χ2n) is 11.7. The van der Waals surface area contributed by atoms with Gasteiger partial charge < -0.3 is 9.13 Å². The van der Waals surface area contributed by atoms with Crippen LogP contribution in [-0.4, -0.2) is 9.13 Å². The van der Waals surface area contributed by atoms with Crippen molar-refractivity contribution in [3.05, 3.63) is 169 Å². The van der Waals surface area contributed by atoms with Crippen molar-refractivity contribution >= 4 is 43.6 Å². The van der Waals surface area contributed by atoms with E-state index in [2.05, 4.69) is 161 Å². The zero-order chi connectivity index (χ0) is 30.6. The molecule has 2 aromatic heterocycles. The molecule has 0 N–H and O–H groups in total. The van der Waals surface area contributed by atoms with Crippen LogP contribution in [0.15, 0.2) is 164 Å². The standard InChI is InChI=1S/C43H27N3/c44-28-29-9-7-10-31(25-29)32-11-8-12-35(26-32)46-42-18-6-3-15-38(42)39-27-33(21-24-43(39)46)30-19-22-34(23-20-30)45-40-16-4-1-13-36(40)37-14-2-5-17-41(37)45/h1-27H. The molecule has 9 rings (SSSR count). The lowest BCUT2D eigenvalue weighted by atomic mass is 10.0. The lowest BCUT2D eigenvalue weighted by Crippen LogP contribution is -1.94. The normalized spacial score (nSPS) is 11.5. The van der Waals surface area contributed by atoms with Crippen molar-refractivity contribution in [1.29, 1.82) is 5.26 Å². The van der Waals surface area contributed by atoms with E-state index in [0.717, 1.165) is 28.0 Å². The fourth-order valence-corrected chi connectivity index (χ4v) is 7.03. The lowest BCUT2D eigenvalue weighted by molar-refractivity contribution is 1.18. The van der Waals surface area contributed by atoms with E-state index in [1.165, 1.54) is 49.2 Å². The predicted octanol–water partition coefficient (Wildman–Crippen LogP) is 11.1. The molecule has 0 aliphatic heterocycles. The number of fused-ring (bicyclic) bond motifs is 6. The Morgan fingerprint density at radius 3 is 1.50 bits per heavy atom. The highest BCUT2D eigenvalue weighted by molar-refractivity contribution is 6.11. The predicted molar refractivity (Wildman–Crippen MR) is 191 cm³/mol. The monoisotopic (exact) mass is 585 g/mol. The summed E-state index contributed by atoms with van der Waals surface area (Å²) in [5.74, 6) is 0. The molecule has 0 amide bonds. The quantitative estimate of drug-likeness (QED) is 0.202. The van der Waals surface area contributed by atoms with Gasteiger partial charge in [0, 0.05) is 32.9 Å². The summed E-state index contributed by atoms with van der Waals surface area (Å²) in [5.41, 5.74) is 12.2. The van der Waals surface area contributed by atoms with E-state index in [0.29, 0.717) is 5.56 Å². The number of rotatable bonds is 4. The summed E-state index contributed by atoms with van der Waals surface area (Å²) in [4.78, 5) is 0. The van der Waals surface area contributed by atoms with E-state index in [1.54, 1.807) is 0 Å². The van der Waals surface area contributed by atoms with Gasteiger partial charge in [-0.3, -0.25) is 0 Å². The topological polar surface area (TPSA) is 33.6 Å². The minimum Gasteiger partial charge on any atom is -0.309 e. The number of benzene rings is 7. The van der Waals surface area contributed by atoms with E-state index < -0.39 is 0 Å². The minimum atomic E-state index is 0.662. The fourth-order valence-electron chi connectivity index (χ4n) is 7.03. The third kappa shape index (κ3) is 4.05.